The second kappa shape index (κ2) is 8.70. The summed E-state index contributed by atoms with van der Waals surface area (Å²) in [7, 11) is 0. The van der Waals surface area contributed by atoms with E-state index in [9.17, 15) is 14.7 Å². The summed E-state index contributed by atoms with van der Waals surface area (Å²) < 4.78 is 11.4. The molecule has 8 heteroatoms. The predicted molar refractivity (Wildman–Crippen MR) is 122 cm³/mol. The molecule has 3 fully saturated rings. The molecule has 1 amide bonds. The number of rotatable bonds is 7. The summed E-state index contributed by atoms with van der Waals surface area (Å²) in [5.41, 5.74) is 5.24. The number of aromatic nitrogens is 1. The summed E-state index contributed by atoms with van der Waals surface area (Å²) in [6, 6.07) is 18.6. The number of piperidine rings is 3. The zero-order chi connectivity index (χ0) is 23.8. The molecule has 0 aliphatic carbocycles. The zero-order valence-corrected chi connectivity index (χ0v) is 18.7. The Morgan fingerprint density at radius 2 is 1.62 bits per heavy atom. The van der Waals surface area contributed by atoms with Crippen LogP contribution in [0.1, 0.15) is 35.7 Å². The smallest absolute Gasteiger partial charge is 0.348 e. The maximum atomic E-state index is 13.6. The van der Waals surface area contributed by atoms with Crippen LogP contribution in [-0.2, 0) is 19.9 Å². The van der Waals surface area contributed by atoms with Crippen molar-refractivity contribution in [2.75, 3.05) is 19.6 Å². The molecule has 6 rings (SSSR count). The van der Waals surface area contributed by atoms with Crippen LogP contribution in [0.5, 0.6) is 0 Å². The summed E-state index contributed by atoms with van der Waals surface area (Å²) >= 11 is 0. The lowest BCUT2D eigenvalue weighted by Gasteiger charge is -2.54. The first-order valence-electron chi connectivity index (χ1n) is 11.5. The summed E-state index contributed by atoms with van der Waals surface area (Å²) in [5, 5.41) is 15.7. The first-order valence-corrected chi connectivity index (χ1v) is 11.5. The van der Waals surface area contributed by atoms with E-state index in [1.165, 1.54) is 6.26 Å². The molecule has 0 spiro atoms. The van der Waals surface area contributed by atoms with E-state index in [0.29, 0.717) is 27.8 Å². The molecular formula is C26H28N3O5+. The number of amides is 1. The molecule has 34 heavy (non-hydrogen) atoms. The van der Waals surface area contributed by atoms with Crippen molar-refractivity contribution in [1.82, 2.24) is 5.16 Å². The molecule has 176 valence electrons. The van der Waals surface area contributed by atoms with Crippen molar-refractivity contribution in [3.8, 4) is 0 Å². The molecule has 0 saturated carbocycles. The Balaban J connectivity index is 1.45. The van der Waals surface area contributed by atoms with Crippen LogP contribution >= 0.6 is 0 Å². The summed E-state index contributed by atoms with van der Waals surface area (Å²) in [6.45, 7) is 1.90. The minimum absolute atomic E-state index is 0.158. The van der Waals surface area contributed by atoms with Gasteiger partial charge in [-0.15, -0.1) is 0 Å². The van der Waals surface area contributed by atoms with E-state index >= 15 is 0 Å². The third-order valence-electron chi connectivity index (χ3n) is 7.45. The van der Waals surface area contributed by atoms with Crippen LogP contribution < -0.4 is 5.73 Å². The van der Waals surface area contributed by atoms with E-state index in [4.69, 9.17) is 15.0 Å². The van der Waals surface area contributed by atoms with E-state index in [1.807, 2.05) is 12.1 Å². The van der Waals surface area contributed by atoms with Gasteiger partial charge in [-0.3, -0.25) is 4.79 Å². The predicted octanol–water partition coefficient (Wildman–Crippen LogP) is 2.29. The van der Waals surface area contributed by atoms with Gasteiger partial charge in [-0.2, -0.15) is 0 Å². The quantitative estimate of drug-likeness (QED) is 0.411. The highest BCUT2D eigenvalue weighted by molar-refractivity contribution is 5.85. The van der Waals surface area contributed by atoms with Crippen LogP contribution in [0.15, 0.2) is 77.5 Å². The third kappa shape index (κ3) is 3.69. The van der Waals surface area contributed by atoms with Gasteiger partial charge in [0.25, 0.3) is 5.91 Å². The Bertz CT molecular complexity index is 1100. The van der Waals surface area contributed by atoms with E-state index in [0.717, 1.165) is 25.9 Å². The number of carbonyl (C=O) groups is 2. The van der Waals surface area contributed by atoms with Crippen molar-refractivity contribution < 1.29 is 28.4 Å². The number of nitrogens with two attached hydrogens (primary N) is 1. The molecule has 4 heterocycles. The van der Waals surface area contributed by atoms with Gasteiger partial charge in [0.1, 0.15) is 12.8 Å². The molecule has 3 aliphatic heterocycles. The van der Waals surface area contributed by atoms with E-state index < -0.39 is 29.6 Å². The number of primary amides is 1. The lowest BCUT2D eigenvalue weighted by Crippen LogP contribution is -2.67. The zero-order valence-electron chi connectivity index (χ0n) is 18.7. The van der Waals surface area contributed by atoms with Crippen LogP contribution in [0.25, 0.3) is 0 Å². The van der Waals surface area contributed by atoms with Gasteiger partial charge in [0, 0.05) is 24.8 Å². The van der Waals surface area contributed by atoms with Crippen LogP contribution in [0.2, 0.25) is 0 Å². The Morgan fingerprint density at radius 1 is 1.03 bits per heavy atom. The monoisotopic (exact) mass is 462 g/mol. The lowest BCUT2D eigenvalue weighted by atomic mass is 9.80. The number of ether oxygens (including phenoxy) is 1. The van der Waals surface area contributed by atoms with Gasteiger partial charge in [-0.1, -0.05) is 65.8 Å². The molecule has 3 saturated heterocycles. The number of esters is 1. The molecule has 3 aliphatic rings. The fourth-order valence-electron chi connectivity index (χ4n) is 5.70. The average Bonchev–Trinajstić information content (AvgIpc) is 3.39. The Hall–Kier alpha value is -3.49. The summed E-state index contributed by atoms with van der Waals surface area (Å²) in [6.07, 6.45) is 2.55. The van der Waals surface area contributed by atoms with Crippen molar-refractivity contribution in [2.24, 2.45) is 11.7 Å². The van der Waals surface area contributed by atoms with Crippen LogP contribution in [0, 0.1) is 5.92 Å². The normalized spacial score (nSPS) is 25.0. The van der Waals surface area contributed by atoms with Crippen molar-refractivity contribution in [3.05, 3.63) is 89.8 Å². The van der Waals surface area contributed by atoms with Gasteiger partial charge in [-0.05, 0) is 11.1 Å². The fraction of sp³-hybridized carbons (Fsp3) is 0.346. The van der Waals surface area contributed by atoms with Crippen LogP contribution in [0.4, 0.5) is 0 Å². The lowest BCUT2D eigenvalue weighted by molar-refractivity contribution is -0.965. The SMILES string of the molecule is NC(=O)C(c1ccon1)[N+]12CCC(CC1)[C@@H](OC(=O)C(O)(c1ccccc1)c1ccccc1)C2. The van der Waals surface area contributed by atoms with Gasteiger partial charge in [0.05, 0.1) is 13.1 Å². The van der Waals surface area contributed by atoms with Crippen molar-refractivity contribution in [1.29, 1.82) is 0 Å². The molecule has 3 N–H and O–H groups in total. The van der Waals surface area contributed by atoms with E-state index in [2.05, 4.69) is 5.16 Å². The Morgan fingerprint density at radius 3 is 2.12 bits per heavy atom. The molecule has 8 nitrogen and oxygen atoms in total. The van der Waals surface area contributed by atoms with Gasteiger partial charge < -0.3 is 24.6 Å². The highest BCUT2D eigenvalue weighted by Gasteiger charge is 2.55. The molecule has 1 aromatic heterocycles. The Labute approximate surface area is 197 Å². The number of carbonyl (C=O) groups excluding carboxylic acids is 2. The average molecular weight is 463 g/mol. The minimum atomic E-state index is -1.95. The first kappa shape index (κ1) is 22.3. The van der Waals surface area contributed by atoms with E-state index in [1.54, 1.807) is 54.6 Å². The molecule has 1 unspecified atom stereocenters. The third-order valence-corrected chi connectivity index (χ3v) is 7.45. The molecular weight excluding hydrogens is 434 g/mol. The van der Waals surface area contributed by atoms with Crippen molar-refractivity contribution in [2.45, 2.75) is 30.6 Å². The number of hydrogen-bond donors (Lipinski definition) is 2. The molecule has 2 atom stereocenters. The van der Waals surface area contributed by atoms with Gasteiger partial charge >= 0.3 is 5.97 Å². The van der Waals surface area contributed by atoms with Crippen molar-refractivity contribution in [3.63, 3.8) is 0 Å². The number of fused-ring (bicyclic) bond motifs is 3. The maximum absolute atomic E-state index is 13.6. The standard InChI is InChI=1S/C26H27N3O5/c27-24(30)23(21-13-16-33-28-21)29-14-11-18(12-15-29)22(17-29)34-25(31)26(32,19-7-3-1-4-8-19)20-9-5-2-6-10-20/h1-10,13,16,18,22-23,32H,11-12,14-15,17H2,(H-,27,30)/p+1/t18?,22-,23?,29?/m0/s1. The van der Waals surface area contributed by atoms with Gasteiger partial charge in [-0.25, -0.2) is 4.79 Å². The minimum Gasteiger partial charge on any atom is -0.453 e. The fourth-order valence-corrected chi connectivity index (χ4v) is 5.70. The first-order chi connectivity index (χ1) is 16.4. The van der Waals surface area contributed by atoms with Gasteiger partial charge in [0.2, 0.25) is 11.6 Å². The van der Waals surface area contributed by atoms with E-state index in [-0.39, 0.29) is 5.92 Å². The highest BCUT2D eigenvalue weighted by atomic mass is 16.6. The van der Waals surface area contributed by atoms with Crippen molar-refractivity contribution >= 4 is 11.9 Å². The second-order valence-corrected chi connectivity index (χ2v) is 9.30. The highest BCUT2D eigenvalue weighted by Crippen LogP contribution is 2.43. The number of aliphatic hydroxyl groups is 1. The van der Waals surface area contributed by atoms with Gasteiger partial charge in [0.15, 0.2) is 11.8 Å². The molecule has 0 radical (unpaired) electrons. The number of hydrogen-bond acceptors (Lipinski definition) is 6. The summed E-state index contributed by atoms with van der Waals surface area (Å²) in [4.78, 5) is 26.2. The second-order valence-electron chi connectivity index (χ2n) is 9.30. The summed E-state index contributed by atoms with van der Waals surface area (Å²) in [5.74, 6) is -1.05. The maximum Gasteiger partial charge on any atom is 0.348 e. The molecule has 2 bridgehead atoms. The number of quaternary nitrogens is 1. The van der Waals surface area contributed by atoms with Crippen LogP contribution in [-0.4, -0.2) is 52.4 Å². The molecule has 3 aromatic rings. The largest absolute Gasteiger partial charge is 0.453 e. The number of benzene rings is 2. The Kier molecular flexibility index (Phi) is 5.71. The van der Waals surface area contributed by atoms with Crippen LogP contribution in [0.3, 0.4) is 0 Å². The molecule has 2 aromatic carbocycles. The topological polar surface area (TPSA) is 116 Å². The number of nitrogens with zero attached hydrogens (tertiary/aromatic N) is 2.